The predicted molar refractivity (Wildman–Crippen MR) is 67.1 cm³/mol. The van der Waals surface area contributed by atoms with Crippen LogP contribution in [0.1, 0.15) is 6.92 Å². The molecular formula is C13H20FNO3. The van der Waals surface area contributed by atoms with Crippen molar-refractivity contribution in [2.75, 3.05) is 32.8 Å². The van der Waals surface area contributed by atoms with Crippen LogP contribution in [-0.2, 0) is 0 Å². The highest BCUT2D eigenvalue weighted by Crippen LogP contribution is 2.11. The fourth-order valence-electron chi connectivity index (χ4n) is 1.59. The van der Waals surface area contributed by atoms with Gasteiger partial charge in [-0.3, -0.25) is 4.90 Å². The van der Waals surface area contributed by atoms with Crippen molar-refractivity contribution in [3.8, 4) is 5.75 Å². The lowest BCUT2D eigenvalue weighted by Gasteiger charge is -2.22. The molecule has 1 unspecified atom stereocenters. The van der Waals surface area contributed by atoms with Crippen LogP contribution in [0.15, 0.2) is 24.3 Å². The number of hydrogen-bond donors (Lipinski definition) is 2. The van der Waals surface area contributed by atoms with Gasteiger partial charge in [0.25, 0.3) is 0 Å². The van der Waals surface area contributed by atoms with Crippen molar-refractivity contribution in [3.63, 3.8) is 0 Å². The van der Waals surface area contributed by atoms with Crippen LogP contribution in [0.25, 0.3) is 0 Å². The second-order valence-corrected chi connectivity index (χ2v) is 4.04. The van der Waals surface area contributed by atoms with E-state index in [1.807, 2.05) is 11.8 Å². The van der Waals surface area contributed by atoms with Gasteiger partial charge < -0.3 is 14.9 Å². The predicted octanol–water partition coefficient (Wildman–Crippen LogP) is 0.880. The van der Waals surface area contributed by atoms with Crippen LogP contribution in [0.5, 0.6) is 5.75 Å². The van der Waals surface area contributed by atoms with Crippen LogP contribution >= 0.6 is 0 Å². The first kappa shape index (κ1) is 14.9. The molecule has 0 heterocycles. The molecule has 1 atom stereocenters. The second kappa shape index (κ2) is 8.02. The molecule has 2 N–H and O–H groups in total. The molecule has 0 bridgehead atoms. The summed E-state index contributed by atoms with van der Waals surface area (Å²) in [5, 5.41) is 18.6. The molecule has 0 radical (unpaired) electrons. The van der Waals surface area contributed by atoms with Gasteiger partial charge in [0.2, 0.25) is 0 Å². The van der Waals surface area contributed by atoms with Crippen molar-refractivity contribution in [2.45, 2.75) is 13.0 Å². The van der Waals surface area contributed by atoms with Crippen LogP contribution in [0.3, 0.4) is 0 Å². The van der Waals surface area contributed by atoms with Crippen LogP contribution in [0.4, 0.5) is 4.39 Å². The Morgan fingerprint density at radius 1 is 1.33 bits per heavy atom. The van der Waals surface area contributed by atoms with Gasteiger partial charge >= 0.3 is 0 Å². The lowest BCUT2D eigenvalue weighted by atomic mass is 10.3. The minimum Gasteiger partial charge on any atom is -0.491 e. The first-order valence-corrected chi connectivity index (χ1v) is 6.05. The number of aliphatic hydroxyl groups is 2. The number of likely N-dealkylation sites (N-methyl/N-ethyl adjacent to an activating group) is 1. The largest absolute Gasteiger partial charge is 0.491 e. The van der Waals surface area contributed by atoms with Crippen LogP contribution in [0, 0.1) is 5.82 Å². The maximum atomic E-state index is 12.7. The van der Waals surface area contributed by atoms with Crippen LogP contribution < -0.4 is 4.74 Å². The maximum Gasteiger partial charge on any atom is 0.123 e. The number of aliphatic hydroxyl groups excluding tert-OH is 2. The fourth-order valence-corrected chi connectivity index (χ4v) is 1.59. The molecule has 0 aliphatic rings. The summed E-state index contributed by atoms with van der Waals surface area (Å²) >= 11 is 0. The van der Waals surface area contributed by atoms with E-state index in [1.165, 1.54) is 24.3 Å². The fraction of sp³-hybridized carbons (Fsp3) is 0.538. The molecule has 102 valence electrons. The van der Waals surface area contributed by atoms with Gasteiger partial charge in [0, 0.05) is 13.1 Å². The Hall–Kier alpha value is -1.17. The van der Waals surface area contributed by atoms with Crippen molar-refractivity contribution in [1.29, 1.82) is 0 Å². The van der Waals surface area contributed by atoms with Gasteiger partial charge in [-0.05, 0) is 30.8 Å². The van der Waals surface area contributed by atoms with Crippen molar-refractivity contribution in [2.24, 2.45) is 0 Å². The number of benzene rings is 1. The quantitative estimate of drug-likeness (QED) is 0.726. The molecule has 0 aromatic heterocycles. The normalized spacial score (nSPS) is 12.7. The molecule has 0 aliphatic carbocycles. The van der Waals surface area contributed by atoms with E-state index in [0.29, 0.717) is 18.8 Å². The summed E-state index contributed by atoms with van der Waals surface area (Å²) in [6, 6.07) is 5.67. The van der Waals surface area contributed by atoms with Crippen molar-refractivity contribution in [3.05, 3.63) is 30.1 Å². The van der Waals surface area contributed by atoms with E-state index in [2.05, 4.69) is 0 Å². The Bertz CT molecular complexity index is 332. The molecular weight excluding hydrogens is 237 g/mol. The monoisotopic (exact) mass is 257 g/mol. The maximum absolute atomic E-state index is 12.7. The Kier molecular flexibility index (Phi) is 6.64. The van der Waals surface area contributed by atoms with Gasteiger partial charge in [-0.1, -0.05) is 6.92 Å². The summed E-state index contributed by atoms with van der Waals surface area (Å²) < 4.78 is 18.0. The number of rotatable bonds is 8. The zero-order chi connectivity index (χ0) is 13.4. The summed E-state index contributed by atoms with van der Waals surface area (Å²) in [5.74, 6) is 0.212. The molecule has 18 heavy (non-hydrogen) atoms. The van der Waals surface area contributed by atoms with E-state index in [0.717, 1.165) is 6.54 Å². The number of halogens is 1. The highest BCUT2D eigenvalue weighted by atomic mass is 19.1. The second-order valence-electron chi connectivity index (χ2n) is 4.04. The third-order valence-electron chi connectivity index (χ3n) is 2.59. The van der Waals surface area contributed by atoms with E-state index in [1.54, 1.807) is 0 Å². The smallest absolute Gasteiger partial charge is 0.123 e. The number of ether oxygens (including phenoxy) is 1. The van der Waals surface area contributed by atoms with Gasteiger partial charge in [-0.2, -0.15) is 0 Å². The van der Waals surface area contributed by atoms with Gasteiger partial charge in [0.1, 0.15) is 24.3 Å². The molecule has 1 rings (SSSR count). The lowest BCUT2D eigenvalue weighted by molar-refractivity contribution is 0.0638. The molecule has 0 aliphatic heterocycles. The number of hydrogen-bond acceptors (Lipinski definition) is 4. The van der Waals surface area contributed by atoms with Gasteiger partial charge in [-0.15, -0.1) is 0 Å². The molecule has 0 spiro atoms. The summed E-state index contributed by atoms with van der Waals surface area (Å²) in [6.45, 7) is 3.91. The van der Waals surface area contributed by atoms with E-state index < -0.39 is 6.10 Å². The van der Waals surface area contributed by atoms with Gasteiger partial charge in [0.15, 0.2) is 0 Å². The number of nitrogens with zero attached hydrogens (tertiary/aromatic N) is 1. The Morgan fingerprint density at radius 2 is 2.00 bits per heavy atom. The Labute approximate surface area is 107 Å². The standard InChI is InChI=1S/C13H20FNO3/c1-2-15(7-8-16)9-12(17)10-18-13-5-3-11(14)4-6-13/h3-6,12,16-17H,2,7-10H2,1H3. The van der Waals surface area contributed by atoms with Crippen molar-refractivity contribution < 1.29 is 19.3 Å². The minimum absolute atomic E-state index is 0.0688. The van der Waals surface area contributed by atoms with E-state index in [-0.39, 0.29) is 19.0 Å². The molecule has 1 aromatic carbocycles. The van der Waals surface area contributed by atoms with Crippen LogP contribution in [0.2, 0.25) is 0 Å². The third-order valence-corrected chi connectivity index (χ3v) is 2.59. The highest BCUT2D eigenvalue weighted by Gasteiger charge is 2.10. The average molecular weight is 257 g/mol. The van der Waals surface area contributed by atoms with E-state index in [9.17, 15) is 9.50 Å². The van der Waals surface area contributed by atoms with Gasteiger partial charge in [0.05, 0.1) is 6.61 Å². The molecule has 0 fully saturated rings. The lowest BCUT2D eigenvalue weighted by Crippen LogP contribution is -2.37. The molecule has 4 nitrogen and oxygen atoms in total. The zero-order valence-corrected chi connectivity index (χ0v) is 10.6. The third kappa shape index (κ3) is 5.44. The summed E-state index contributed by atoms with van der Waals surface area (Å²) in [7, 11) is 0. The molecule has 0 saturated carbocycles. The average Bonchev–Trinajstić information content (AvgIpc) is 2.37. The van der Waals surface area contributed by atoms with Crippen molar-refractivity contribution >= 4 is 0 Å². The molecule has 1 aromatic rings. The van der Waals surface area contributed by atoms with Crippen molar-refractivity contribution in [1.82, 2.24) is 4.90 Å². The zero-order valence-electron chi connectivity index (χ0n) is 10.6. The molecule has 0 amide bonds. The summed E-state index contributed by atoms with van der Waals surface area (Å²) in [5.41, 5.74) is 0. The Balaban J connectivity index is 2.31. The molecule has 5 heteroatoms. The Morgan fingerprint density at radius 3 is 2.56 bits per heavy atom. The summed E-state index contributed by atoms with van der Waals surface area (Å²) in [4.78, 5) is 1.93. The SMILES string of the molecule is CCN(CCO)CC(O)COc1ccc(F)cc1. The minimum atomic E-state index is -0.637. The van der Waals surface area contributed by atoms with E-state index in [4.69, 9.17) is 9.84 Å². The van der Waals surface area contributed by atoms with Crippen LogP contribution in [-0.4, -0.2) is 54.1 Å². The first-order valence-electron chi connectivity index (χ1n) is 6.05. The summed E-state index contributed by atoms with van der Waals surface area (Å²) in [6.07, 6.45) is -0.637. The van der Waals surface area contributed by atoms with Gasteiger partial charge in [-0.25, -0.2) is 4.39 Å². The van der Waals surface area contributed by atoms with E-state index >= 15 is 0 Å². The highest BCUT2D eigenvalue weighted by molar-refractivity contribution is 5.22. The first-order chi connectivity index (χ1) is 8.65. The molecule has 0 saturated heterocycles. The topological polar surface area (TPSA) is 52.9 Å².